The van der Waals surface area contributed by atoms with Crippen molar-refractivity contribution in [1.82, 2.24) is 15.5 Å². The molecule has 4 aromatic rings. The van der Waals surface area contributed by atoms with Gasteiger partial charge in [-0.15, -0.1) is 0 Å². The molecule has 0 radical (unpaired) electrons. The molecule has 4 aromatic carbocycles. The normalized spacial score (nSPS) is 20.7. The Morgan fingerprint density at radius 1 is 0.623 bits per heavy atom. The molecule has 2 saturated heterocycles. The van der Waals surface area contributed by atoms with E-state index in [2.05, 4.69) is 189 Å². The monoisotopic (exact) mass is 972 g/mol. The molecule has 0 aromatic heterocycles. The van der Waals surface area contributed by atoms with Gasteiger partial charge in [0.1, 0.15) is 0 Å². The van der Waals surface area contributed by atoms with Gasteiger partial charge < -0.3 is 44.6 Å². The lowest BCUT2D eigenvalue weighted by Gasteiger charge is -2.39. The summed E-state index contributed by atoms with van der Waals surface area (Å²) in [6, 6.07) is 29.5. The third kappa shape index (κ3) is 10.0. The summed E-state index contributed by atoms with van der Waals surface area (Å²) in [7, 11) is 11.9. The van der Waals surface area contributed by atoms with E-state index in [4.69, 9.17) is 9.47 Å². The van der Waals surface area contributed by atoms with Crippen LogP contribution >= 0.6 is 21.6 Å². The van der Waals surface area contributed by atoms with Gasteiger partial charge in [-0.25, -0.2) is 0 Å². The van der Waals surface area contributed by atoms with Gasteiger partial charge in [-0.2, -0.15) is 0 Å². The number of nitrogens with zero attached hydrogens (tertiary/aromatic N) is 5. The number of carbonyl (C=O) groups excluding carboxylic acids is 2. The number of amides is 2. The van der Waals surface area contributed by atoms with Crippen molar-refractivity contribution < 1.29 is 19.1 Å². The van der Waals surface area contributed by atoms with Gasteiger partial charge in [0.05, 0.1) is 13.2 Å². The fourth-order valence-electron chi connectivity index (χ4n) is 10.7. The molecule has 13 heteroatoms. The van der Waals surface area contributed by atoms with E-state index >= 15 is 0 Å². The lowest BCUT2D eigenvalue weighted by atomic mass is 9.77. The summed E-state index contributed by atoms with van der Waals surface area (Å²) < 4.78 is 13.2. The van der Waals surface area contributed by atoms with Crippen LogP contribution in [0.1, 0.15) is 90.4 Å². The maximum Gasteiger partial charge on any atom is 0.251 e. The third-order valence-electron chi connectivity index (χ3n) is 14.7. The molecule has 368 valence electrons. The molecule has 11 nitrogen and oxygen atoms in total. The predicted octanol–water partition coefficient (Wildman–Crippen LogP) is 9.54. The molecular formula is C56H73N7O4S2. The van der Waals surface area contributed by atoms with Crippen LogP contribution in [0, 0.1) is 0 Å². The quantitative estimate of drug-likeness (QED) is 0.0618. The number of carbonyl (C=O) groups is 2. The number of rotatable bonds is 21. The first-order valence-corrected chi connectivity index (χ1v) is 27.2. The van der Waals surface area contributed by atoms with E-state index in [0.29, 0.717) is 37.4 Å². The highest BCUT2D eigenvalue weighted by Gasteiger charge is 2.60. The van der Waals surface area contributed by atoms with Crippen molar-refractivity contribution in [2.45, 2.75) is 69.7 Å². The maximum atomic E-state index is 13.5. The summed E-state index contributed by atoms with van der Waals surface area (Å²) in [6.45, 7) is 18.1. The SMILES string of the molecule is CCCN(C)c1ccc(/C=C/C23OCCN2c2ccc(C(=O)NCCSSCCNC(=O)c4ccc5c(c4)C(C)(C)C4(/C=C/c6ccc(N(C)CCCN(C)C)cc6)OCCN54)cc2C3(C)C)cc1. The van der Waals surface area contributed by atoms with Gasteiger partial charge in [0, 0.05) is 110 Å². The smallest absolute Gasteiger partial charge is 0.251 e. The Balaban J connectivity index is 0.788. The Morgan fingerprint density at radius 2 is 1.06 bits per heavy atom. The average Bonchev–Trinajstić information content (AvgIpc) is 4.07. The summed E-state index contributed by atoms with van der Waals surface area (Å²) in [5, 5.41) is 6.25. The number of hydrogen-bond acceptors (Lipinski definition) is 11. The highest BCUT2D eigenvalue weighted by atomic mass is 33.1. The first kappa shape index (κ1) is 50.5. The fraction of sp³-hybridized carbons (Fsp3) is 0.464. The van der Waals surface area contributed by atoms with Gasteiger partial charge in [-0.3, -0.25) is 9.59 Å². The molecule has 8 rings (SSSR count). The molecule has 2 unspecified atom stereocenters. The maximum absolute atomic E-state index is 13.5. The summed E-state index contributed by atoms with van der Waals surface area (Å²) >= 11 is 0. The van der Waals surface area contributed by atoms with Crippen LogP contribution in [0.5, 0.6) is 0 Å². The van der Waals surface area contributed by atoms with Gasteiger partial charge in [-0.1, -0.05) is 92.6 Å². The minimum Gasteiger partial charge on any atom is -0.375 e. The van der Waals surface area contributed by atoms with Crippen LogP contribution < -0.4 is 30.2 Å². The van der Waals surface area contributed by atoms with E-state index < -0.39 is 22.3 Å². The highest BCUT2D eigenvalue weighted by molar-refractivity contribution is 8.76. The van der Waals surface area contributed by atoms with Crippen molar-refractivity contribution in [1.29, 1.82) is 0 Å². The Kier molecular flexibility index (Phi) is 15.5. The minimum absolute atomic E-state index is 0.0800. The van der Waals surface area contributed by atoms with Crippen LogP contribution in [0.3, 0.4) is 0 Å². The number of benzene rings is 4. The van der Waals surface area contributed by atoms with Crippen molar-refractivity contribution in [2.75, 3.05) is 118 Å². The Morgan fingerprint density at radius 3 is 1.48 bits per heavy atom. The molecule has 2 amide bonds. The van der Waals surface area contributed by atoms with Crippen LogP contribution in [0.4, 0.5) is 22.7 Å². The average molecular weight is 972 g/mol. The van der Waals surface area contributed by atoms with E-state index in [1.165, 1.54) is 11.4 Å². The van der Waals surface area contributed by atoms with Crippen LogP contribution in [0.15, 0.2) is 97.1 Å². The zero-order chi connectivity index (χ0) is 49.0. The van der Waals surface area contributed by atoms with Gasteiger partial charge in [0.15, 0.2) is 11.4 Å². The second kappa shape index (κ2) is 21.2. The molecule has 0 saturated carbocycles. The Hall–Kier alpha value is -4.92. The predicted molar refractivity (Wildman–Crippen MR) is 292 cm³/mol. The van der Waals surface area contributed by atoms with Crippen molar-refractivity contribution in [3.8, 4) is 0 Å². The molecule has 2 fully saturated rings. The molecular weight excluding hydrogens is 899 g/mol. The van der Waals surface area contributed by atoms with Gasteiger partial charge >= 0.3 is 0 Å². The first-order valence-electron chi connectivity index (χ1n) is 24.7. The molecule has 69 heavy (non-hydrogen) atoms. The second-order valence-corrected chi connectivity index (χ2v) is 22.8. The molecule has 0 bridgehead atoms. The summed E-state index contributed by atoms with van der Waals surface area (Å²) in [5.74, 6) is 1.34. The van der Waals surface area contributed by atoms with Crippen LogP contribution in [-0.4, -0.2) is 127 Å². The highest BCUT2D eigenvalue weighted by Crippen LogP contribution is 2.56. The third-order valence-corrected chi connectivity index (χ3v) is 17.1. The number of hydrogen-bond donors (Lipinski definition) is 2. The zero-order valence-electron chi connectivity index (χ0n) is 42.3. The lowest BCUT2D eigenvalue weighted by Crippen LogP contribution is -2.51. The number of ether oxygens (including phenoxy) is 2. The largest absolute Gasteiger partial charge is 0.375 e. The molecule has 4 aliphatic heterocycles. The Bertz CT molecular complexity index is 2510. The minimum atomic E-state index is -0.647. The van der Waals surface area contributed by atoms with Gasteiger partial charge in [-0.05, 0) is 129 Å². The van der Waals surface area contributed by atoms with Gasteiger partial charge in [0.25, 0.3) is 11.8 Å². The number of nitrogens with one attached hydrogen (secondary N) is 2. The second-order valence-electron chi connectivity index (χ2n) is 20.1. The fourth-order valence-corrected chi connectivity index (χ4v) is 12.5. The zero-order valence-corrected chi connectivity index (χ0v) is 43.9. The van der Waals surface area contributed by atoms with Crippen molar-refractivity contribution in [2.24, 2.45) is 0 Å². The van der Waals surface area contributed by atoms with E-state index in [1.807, 2.05) is 18.2 Å². The standard InChI is InChI=1S/C56H73N7O4S2/c1-10-30-60(8)45-18-12-41(13-19-45)24-26-55-53(2,3)47-39-43(16-22-49(47)62(55)33-35-66-55)51(64)57-28-37-68-69-38-29-58-52(65)44-17-23-50-48(40-44)54(4,5)56(63(50)34-36-67-56)27-25-42-14-20-46(21-15-42)61(9)32-11-31-59(6)7/h12-27,39-40H,10-11,28-38H2,1-9H3,(H,57,64)(H,58,65)/b26-24+,27-25+. The summed E-state index contributed by atoms with van der Waals surface area (Å²) in [5.41, 5.74) is 8.36. The van der Waals surface area contributed by atoms with E-state index in [0.717, 1.165) is 90.7 Å². The molecule has 4 aliphatic rings. The van der Waals surface area contributed by atoms with Crippen molar-refractivity contribution >= 4 is 68.3 Å². The van der Waals surface area contributed by atoms with Crippen LogP contribution in [0.2, 0.25) is 0 Å². The first-order chi connectivity index (χ1) is 33.1. The molecule has 2 N–H and O–H groups in total. The number of fused-ring (bicyclic) bond motifs is 6. The molecule has 0 aliphatic carbocycles. The van der Waals surface area contributed by atoms with E-state index in [1.54, 1.807) is 21.6 Å². The Labute approximate surface area is 419 Å². The summed E-state index contributed by atoms with van der Waals surface area (Å²) in [6.07, 6.45) is 11.0. The van der Waals surface area contributed by atoms with Crippen LogP contribution in [0.25, 0.3) is 12.2 Å². The van der Waals surface area contributed by atoms with Crippen LogP contribution in [-0.2, 0) is 20.3 Å². The topological polar surface area (TPSA) is 92.9 Å². The van der Waals surface area contributed by atoms with Gasteiger partial charge in [0.2, 0.25) is 0 Å². The van der Waals surface area contributed by atoms with Crippen molar-refractivity contribution in [3.05, 3.63) is 130 Å². The summed E-state index contributed by atoms with van der Waals surface area (Å²) in [4.78, 5) is 38.4. The lowest BCUT2D eigenvalue weighted by molar-refractivity contribution is 0.000267. The molecule has 2 atom stereocenters. The van der Waals surface area contributed by atoms with E-state index in [-0.39, 0.29) is 11.8 Å². The van der Waals surface area contributed by atoms with Crippen molar-refractivity contribution in [3.63, 3.8) is 0 Å². The molecule has 0 spiro atoms. The number of anilines is 4. The van der Waals surface area contributed by atoms with E-state index in [9.17, 15) is 9.59 Å². The molecule has 4 heterocycles.